The van der Waals surface area contributed by atoms with Gasteiger partial charge in [-0.25, -0.2) is 9.69 Å². The van der Waals surface area contributed by atoms with E-state index in [-0.39, 0.29) is 5.57 Å². The molecule has 4 amide bonds. The van der Waals surface area contributed by atoms with Crippen LogP contribution in [-0.4, -0.2) is 17.8 Å². The van der Waals surface area contributed by atoms with Gasteiger partial charge in [0, 0.05) is 8.04 Å². The SMILES string of the molecule is O=C1NC(=O)N(c2ccc(Br)cc2)C(=O)/C1=C/c1ccc(OCc2ccc(I)cc2)c(Br)c1. The summed E-state index contributed by atoms with van der Waals surface area (Å²) < 4.78 is 8.50. The van der Waals surface area contributed by atoms with Crippen molar-refractivity contribution in [2.45, 2.75) is 6.61 Å². The number of urea groups is 1. The topological polar surface area (TPSA) is 75.7 Å². The number of ether oxygens (including phenoxy) is 1. The van der Waals surface area contributed by atoms with Crippen LogP contribution in [0.1, 0.15) is 11.1 Å². The minimum absolute atomic E-state index is 0.142. The molecular weight excluding hydrogens is 667 g/mol. The van der Waals surface area contributed by atoms with E-state index >= 15 is 0 Å². The summed E-state index contributed by atoms with van der Waals surface area (Å²) in [5, 5.41) is 2.22. The van der Waals surface area contributed by atoms with Gasteiger partial charge in [-0.05, 0) is 104 Å². The quantitative estimate of drug-likeness (QED) is 0.202. The smallest absolute Gasteiger partial charge is 0.335 e. The van der Waals surface area contributed by atoms with E-state index < -0.39 is 17.8 Å². The lowest BCUT2D eigenvalue weighted by Crippen LogP contribution is -2.54. The molecule has 33 heavy (non-hydrogen) atoms. The number of halogens is 3. The molecule has 0 radical (unpaired) electrons. The van der Waals surface area contributed by atoms with Gasteiger partial charge in [0.1, 0.15) is 17.9 Å². The second-order valence-electron chi connectivity index (χ2n) is 7.04. The zero-order valence-electron chi connectivity index (χ0n) is 16.8. The third kappa shape index (κ3) is 5.53. The second kappa shape index (κ2) is 10.2. The van der Waals surface area contributed by atoms with Crippen molar-refractivity contribution < 1.29 is 19.1 Å². The molecule has 9 heteroatoms. The van der Waals surface area contributed by atoms with E-state index in [0.717, 1.165) is 18.5 Å². The van der Waals surface area contributed by atoms with Gasteiger partial charge in [0.25, 0.3) is 11.8 Å². The second-order valence-corrected chi connectivity index (χ2v) is 10.1. The Labute approximate surface area is 220 Å². The summed E-state index contributed by atoms with van der Waals surface area (Å²) in [6.07, 6.45) is 1.45. The third-order valence-electron chi connectivity index (χ3n) is 4.76. The fraction of sp³-hybridized carbons (Fsp3) is 0.0417. The molecule has 0 unspecified atom stereocenters. The van der Waals surface area contributed by atoms with Crippen molar-refractivity contribution in [1.82, 2.24) is 5.32 Å². The number of hydrogen-bond acceptors (Lipinski definition) is 4. The number of barbiturate groups is 1. The molecule has 1 saturated heterocycles. The van der Waals surface area contributed by atoms with Crippen LogP contribution < -0.4 is 15.0 Å². The molecule has 0 saturated carbocycles. The first-order valence-corrected chi connectivity index (χ1v) is 12.3. The molecule has 1 heterocycles. The van der Waals surface area contributed by atoms with E-state index in [1.807, 2.05) is 24.3 Å². The van der Waals surface area contributed by atoms with Crippen LogP contribution in [0.2, 0.25) is 0 Å². The predicted octanol–water partition coefficient (Wildman–Crippen LogP) is 6.06. The van der Waals surface area contributed by atoms with Gasteiger partial charge in [-0.15, -0.1) is 0 Å². The molecule has 0 atom stereocenters. The Morgan fingerprint density at radius 3 is 2.30 bits per heavy atom. The average Bonchev–Trinajstić information content (AvgIpc) is 2.78. The molecule has 166 valence electrons. The lowest BCUT2D eigenvalue weighted by atomic mass is 10.1. The highest BCUT2D eigenvalue weighted by molar-refractivity contribution is 14.1. The van der Waals surface area contributed by atoms with Crippen LogP contribution in [0.5, 0.6) is 5.75 Å². The Hall–Kier alpha value is -2.50. The Balaban J connectivity index is 1.55. The first kappa shape index (κ1) is 23.7. The number of hydrogen-bond donors (Lipinski definition) is 1. The zero-order valence-corrected chi connectivity index (χ0v) is 22.2. The van der Waals surface area contributed by atoms with Gasteiger partial charge >= 0.3 is 6.03 Å². The van der Waals surface area contributed by atoms with Gasteiger partial charge in [-0.3, -0.25) is 14.9 Å². The summed E-state index contributed by atoms with van der Waals surface area (Å²) >= 11 is 9.05. The van der Waals surface area contributed by atoms with Gasteiger partial charge in [0.2, 0.25) is 0 Å². The van der Waals surface area contributed by atoms with Crippen molar-refractivity contribution in [2.75, 3.05) is 4.90 Å². The maximum Gasteiger partial charge on any atom is 0.335 e. The molecule has 3 aromatic carbocycles. The maximum absolute atomic E-state index is 13.0. The van der Waals surface area contributed by atoms with Gasteiger partial charge in [-0.1, -0.05) is 34.1 Å². The number of amides is 4. The van der Waals surface area contributed by atoms with Crippen LogP contribution in [0.4, 0.5) is 10.5 Å². The van der Waals surface area contributed by atoms with Crippen molar-refractivity contribution in [2.24, 2.45) is 0 Å². The molecule has 3 aromatic rings. The van der Waals surface area contributed by atoms with Crippen molar-refractivity contribution in [3.05, 3.63) is 95.9 Å². The number of rotatable bonds is 5. The van der Waals surface area contributed by atoms with Crippen molar-refractivity contribution in [3.63, 3.8) is 0 Å². The monoisotopic (exact) mass is 680 g/mol. The highest BCUT2D eigenvalue weighted by Gasteiger charge is 2.36. The molecular formula is C24H15Br2IN2O4. The van der Waals surface area contributed by atoms with E-state index in [1.165, 1.54) is 6.08 Å². The number of anilines is 1. The van der Waals surface area contributed by atoms with Gasteiger partial charge in [-0.2, -0.15) is 0 Å². The van der Waals surface area contributed by atoms with Gasteiger partial charge in [0.15, 0.2) is 0 Å². The molecule has 0 spiro atoms. The first-order valence-electron chi connectivity index (χ1n) is 9.65. The fourth-order valence-electron chi connectivity index (χ4n) is 3.11. The van der Waals surface area contributed by atoms with E-state index in [0.29, 0.717) is 28.1 Å². The Morgan fingerprint density at radius 1 is 0.939 bits per heavy atom. The van der Waals surface area contributed by atoms with Crippen LogP contribution in [0, 0.1) is 3.57 Å². The Kier molecular flexibility index (Phi) is 7.30. The summed E-state index contributed by atoms with van der Waals surface area (Å²) in [6.45, 7) is 0.404. The number of nitrogens with zero attached hydrogens (tertiary/aromatic N) is 1. The maximum atomic E-state index is 13.0. The number of imide groups is 2. The molecule has 1 aliphatic heterocycles. The van der Waals surface area contributed by atoms with Crippen LogP contribution in [0.15, 0.2) is 81.2 Å². The number of nitrogens with one attached hydrogen (secondary N) is 1. The third-order valence-corrected chi connectivity index (χ3v) is 6.63. The Morgan fingerprint density at radius 2 is 1.64 bits per heavy atom. The zero-order chi connectivity index (χ0) is 23.5. The molecule has 6 nitrogen and oxygen atoms in total. The highest BCUT2D eigenvalue weighted by Crippen LogP contribution is 2.29. The Bertz CT molecular complexity index is 1270. The van der Waals surface area contributed by atoms with E-state index in [9.17, 15) is 14.4 Å². The van der Waals surface area contributed by atoms with Crippen LogP contribution in [0.25, 0.3) is 6.08 Å². The lowest BCUT2D eigenvalue weighted by molar-refractivity contribution is -0.122. The van der Waals surface area contributed by atoms with E-state index in [2.05, 4.69) is 59.8 Å². The summed E-state index contributed by atoms with van der Waals surface area (Å²) in [5.74, 6) is -0.809. The molecule has 4 rings (SSSR count). The highest BCUT2D eigenvalue weighted by atomic mass is 127. The van der Waals surface area contributed by atoms with Gasteiger partial charge < -0.3 is 4.74 Å². The molecule has 0 bridgehead atoms. The number of carbonyl (C=O) groups is 3. The minimum atomic E-state index is -0.787. The van der Waals surface area contributed by atoms with Crippen molar-refractivity contribution in [1.29, 1.82) is 0 Å². The molecule has 0 aromatic heterocycles. The van der Waals surface area contributed by atoms with E-state index in [4.69, 9.17) is 4.74 Å². The summed E-state index contributed by atoms with van der Waals surface area (Å²) in [7, 11) is 0. The molecule has 0 aliphatic carbocycles. The van der Waals surface area contributed by atoms with E-state index in [1.54, 1.807) is 42.5 Å². The number of benzene rings is 3. The largest absolute Gasteiger partial charge is 0.488 e. The van der Waals surface area contributed by atoms with Crippen molar-refractivity contribution in [3.8, 4) is 5.75 Å². The fourth-order valence-corrected chi connectivity index (χ4v) is 4.25. The lowest BCUT2D eigenvalue weighted by Gasteiger charge is -2.26. The average molecular weight is 682 g/mol. The normalized spacial score (nSPS) is 15.1. The summed E-state index contributed by atoms with van der Waals surface area (Å²) in [5.41, 5.74) is 1.86. The molecule has 1 fully saturated rings. The minimum Gasteiger partial charge on any atom is -0.488 e. The molecule has 1 aliphatic rings. The number of carbonyl (C=O) groups excluding carboxylic acids is 3. The molecule has 1 N–H and O–H groups in total. The van der Waals surface area contributed by atoms with Crippen molar-refractivity contribution >= 4 is 84.1 Å². The summed E-state index contributed by atoms with van der Waals surface area (Å²) in [4.78, 5) is 38.6. The standard InChI is InChI=1S/C24H15Br2IN2O4/c25-16-4-8-18(9-5-16)29-23(31)19(22(30)28-24(29)32)11-15-3-10-21(20(26)12-15)33-13-14-1-6-17(27)7-2-14/h1-12H,13H2,(H,28,30,32)/b19-11+. The first-order chi connectivity index (χ1) is 15.8. The predicted molar refractivity (Wildman–Crippen MR) is 141 cm³/mol. The van der Waals surface area contributed by atoms with Crippen LogP contribution >= 0.6 is 54.5 Å². The van der Waals surface area contributed by atoms with Crippen LogP contribution in [0.3, 0.4) is 0 Å². The van der Waals surface area contributed by atoms with Gasteiger partial charge in [0.05, 0.1) is 10.2 Å². The summed E-state index contributed by atoms with van der Waals surface area (Å²) in [6, 6.07) is 19.1. The van der Waals surface area contributed by atoms with Crippen LogP contribution in [-0.2, 0) is 16.2 Å².